The standard InChI is InChI=1S/C29H27Br3N4O4/c1-4-6-24-35-22-12-9-19(30)14-21(22)29(38)36(24)33-15-18-13-23(39-5-2)28(27(32)26(18)31)40-16-25(37)34-20-10-7-17(3)8-11-20/h7-15H,4-6,16H2,1-3H3,(H,34,37). The number of amides is 1. The van der Waals surface area contributed by atoms with E-state index in [-0.39, 0.29) is 18.1 Å². The first-order valence-corrected chi connectivity index (χ1v) is 15.0. The fraction of sp³-hybridized carbons (Fsp3) is 0.241. The number of benzene rings is 3. The van der Waals surface area contributed by atoms with Crippen molar-refractivity contribution >= 4 is 76.5 Å². The number of hydrogen-bond donors (Lipinski definition) is 1. The molecule has 11 heteroatoms. The Morgan fingerprint density at radius 2 is 1.80 bits per heavy atom. The number of nitrogens with zero attached hydrogens (tertiary/aromatic N) is 3. The Hall–Kier alpha value is -3.02. The molecule has 208 valence electrons. The SMILES string of the molecule is CCCc1nc2ccc(Br)cc2c(=O)n1N=Cc1cc(OCC)c(OCC(=O)Nc2ccc(C)cc2)c(Br)c1Br. The highest BCUT2D eigenvalue weighted by atomic mass is 79.9. The van der Waals surface area contributed by atoms with Crippen LogP contribution in [0, 0.1) is 6.92 Å². The molecular weight excluding hydrogens is 708 g/mol. The van der Waals surface area contributed by atoms with E-state index >= 15 is 0 Å². The first-order chi connectivity index (χ1) is 19.2. The maximum atomic E-state index is 13.4. The van der Waals surface area contributed by atoms with Gasteiger partial charge < -0.3 is 14.8 Å². The van der Waals surface area contributed by atoms with E-state index in [9.17, 15) is 9.59 Å². The van der Waals surface area contributed by atoms with Gasteiger partial charge in [-0.25, -0.2) is 4.98 Å². The first kappa shape index (κ1) is 30.0. The van der Waals surface area contributed by atoms with E-state index < -0.39 is 0 Å². The Labute approximate surface area is 257 Å². The molecule has 4 aromatic rings. The van der Waals surface area contributed by atoms with E-state index in [1.165, 1.54) is 4.68 Å². The predicted molar refractivity (Wildman–Crippen MR) is 169 cm³/mol. The maximum absolute atomic E-state index is 13.4. The third-order valence-electron chi connectivity index (χ3n) is 5.80. The van der Waals surface area contributed by atoms with Gasteiger partial charge in [0.1, 0.15) is 5.82 Å². The van der Waals surface area contributed by atoms with Crippen molar-refractivity contribution in [3.05, 3.63) is 89.3 Å². The van der Waals surface area contributed by atoms with E-state index in [0.29, 0.717) is 61.5 Å². The van der Waals surface area contributed by atoms with Crippen molar-refractivity contribution in [2.75, 3.05) is 18.5 Å². The normalized spacial score (nSPS) is 11.2. The molecule has 0 saturated carbocycles. The van der Waals surface area contributed by atoms with Crippen LogP contribution in [0.2, 0.25) is 0 Å². The number of carbonyl (C=O) groups is 1. The third kappa shape index (κ3) is 7.00. The van der Waals surface area contributed by atoms with Crippen LogP contribution < -0.4 is 20.3 Å². The highest BCUT2D eigenvalue weighted by molar-refractivity contribution is 9.13. The number of fused-ring (bicyclic) bond motifs is 1. The number of hydrogen-bond acceptors (Lipinski definition) is 6. The molecule has 1 amide bonds. The summed E-state index contributed by atoms with van der Waals surface area (Å²) >= 11 is 10.6. The molecule has 1 heterocycles. The summed E-state index contributed by atoms with van der Waals surface area (Å²) in [5.74, 6) is 1.05. The second kappa shape index (κ2) is 13.6. The van der Waals surface area contributed by atoms with Gasteiger partial charge in [0.15, 0.2) is 18.1 Å². The topological polar surface area (TPSA) is 94.8 Å². The smallest absolute Gasteiger partial charge is 0.282 e. The minimum Gasteiger partial charge on any atom is -0.490 e. The lowest BCUT2D eigenvalue weighted by Crippen LogP contribution is -2.22. The summed E-state index contributed by atoms with van der Waals surface area (Å²) in [6, 6.07) is 14.7. The van der Waals surface area contributed by atoms with E-state index in [0.717, 1.165) is 16.5 Å². The van der Waals surface area contributed by atoms with Gasteiger partial charge in [-0.3, -0.25) is 9.59 Å². The summed E-state index contributed by atoms with van der Waals surface area (Å²) < 4.78 is 15.0. The molecule has 0 aliphatic heterocycles. The van der Waals surface area contributed by atoms with E-state index in [1.54, 1.807) is 18.3 Å². The Morgan fingerprint density at radius 3 is 2.50 bits per heavy atom. The van der Waals surface area contributed by atoms with Crippen molar-refractivity contribution in [2.45, 2.75) is 33.6 Å². The number of nitrogens with one attached hydrogen (secondary N) is 1. The van der Waals surface area contributed by atoms with Gasteiger partial charge in [0.05, 0.1) is 28.2 Å². The summed E-state index contributed by atoms with van der Waals surface area (Å²) in [6.45, 7) is 6.01. The van der Waals surface area contributed by atoms with Gasteiger partial charge in [-0.1, -0.05) is 40.5 Å². The molecule has 1 N–H and O–H groups in total. The molecule has 0 spiro atoms. The van der Waals surface area contributed by atoms with E-state index in [1.807, 2.05) is 57.2 Å². The van der Waals surface area contributed by atoms with E-state index in [4.69, 9.17) is 9.47 Å². The molecule has 0 radical (unpaired) electrons. The second-order valence-corrected chi connectivity index (χ2v) is 11.4. The molecular formula is C29H27Br3N4O4. The van der Waals surface area contributed by atoms with Crippen LogP contribution in [0.1, 0.15) is 37.2 Å². The largest absolute Gasteiger partial charge is 0.490 e. The Morgan fingerprint density at radius 1 is 1.05 bits per heavy atom. The summed E-state index contributed by atoms with van der Waals surface area (Å²) in [4.78, 5) is 30.6. The van der Waals surface area contributed by atoms with E-state index in [2.05, 4.69) is 63.2 Å². The molecule has 1 aromatic heterocycles. The number of aromatic nitrogens is 2. The van der Waals surface area contributed by atoms with Crippen LogP contribution in [0.25, 0.3) is 10.9 Å². The Bertz CT molecular complexity index is 1640. The Balaban J connectivity index is 1.64. The highest BCUT2D eigenvalue weighted by Crippen LogP contribution is 2.42. The molecule has 0 unspecified atom stereocenters. The summed E-state index contributed by atoms with van der Waals surface area (Å²) in [5.41, 5.74) is 2.79. The van der Waals surface area contributed by atoms with Crippen LogP contribution in [-0.4, -0.2) is 35.0 Å². The minimum absolute atomic E-state index is 0.222. The van der Waals surface area contributed by atoms with Gasteiger partial charge in [0.25, 0.3) is 11.5 Å². The molecule has 0 aliphatic carbocycles. The van der Waals surface area contributed by atoms with Crippen LogP contribution in [0.3, 0.4) is 0 Å². The monoisotopic (exact) mass is 732 g/mol. The second-order valence-electron chi connectivity index (χ2n) is 8.86. The van der Waals surface area contributed by atoms with Crippen molar-refractivity contribution in [3.63, 3.8) is 0 Å². The quantitative estimate of drug-likeness (QED) is 0.174. The molecule has 4 rings (SSSR count). The van der Waals surface area contributed by atoms with Crippen molar-refractivity contribution < 1.29 is 14.3 Å². The molecule has 0 aliphatic rings. The van der Waals surface area contributed by atoms with Crippen molar-refractivity contribution in [1.82, 2.24) is 9.66 Å². The number of ether oxygens (including phenoxy) is 2. The van der Waals surface area contributed by atoms with Crippen LogP contribution in [-0.2, 0) is 11.2 Å². The zero-order valence-corrected chi connectivity index (χ0v) is 26.9. The van der Waals surface area contributed by atoms with Crippen LogP contribution >= 0.6 is 47.8 Å². The van der Waals surface area contributed by atoms with Gasteiger partial charge in [-0.05, 0) is 88.5 Å². The molecule has 3 aromatic carbocycles. The molecule has 8 nitrogen and oxygen atoms in total. The predicted octanol–water partition coefficient (Wildman–Crippen LogP) is 7.24. The number of aryl methyl sites for hydroxylation is 2. The first-order valence-electron chi connectivity index (χ1n) is 12.6. The molecule has 0 fully saturated rings. The number of halogens is 3. The minimum atomic E-state index is -0.307. The molecule has 40 heavy (non-hydrogen) atoms. The number of rotatable bonds is 10. The summed E-state index contributed by atoms with van der Waals surface area (Å²) in [6.07, 6.45) is 2.96. The number of anilines is 1. The summed E-state index contributed by atoms with van der Waals surface area (Å²) in [7, 11) is 0. The third-order valence-corrected chi connectivity index (χ3v) is 8.44. The average Bonchev–Trinajstić information content (AvgIpc) is 2.93. The average molecular weight is 735 g/mol. The zero-order valence-electron chi connectivity index (χ0n) is 22.1. The van der Waals surface area contributed by atoms with Crippen molar-refractivity contribution in [1.29, 1.82) is 0 Å². The lowest BCUT2D eigenvalue weighted by Gasteiger charge is -2.16. The van der Waals surface area contributed by atoms with Gasteiger partial charge in [-0.15, -0.1) is 0 Å². The number of carbonyl (C=O) groups excluding carboxylic acids is 1. The van der Waals surface area contributed by atoms with Gasteiger partial charge in [0, 0.05) is 26.6 Å². The van der Waals surface area contributed by atoms with Crippen LogP contribution in [0.15, 0.2) is 71.8 Å². The van der Waals surface area contributed by atoms with Gasteiger partial charge >= 0.3 is 0 Å². The molecule has 0 saturated heterocycles. The molecule has 0 bridgehead atoms. The lowest BCUT2D eigenvalue weighted by molar-refractivity contribution is -0.118. The Kier molecular flexibility index (Phi) is 10.2. The van der Waals surface area contributed by atoms with Crippen molar-refractivity contribution in [2.24, 2.45) is 5.10 Å². The maximum Gasteiger partial charge on any atom is 0.282 e. The van der Waals surface area contributed by atoms with Gasteiger partial charge in [0.2, 0.25) is 0 Å². The van der Waals surface area contributed by atoms with Gasteiger partial charge in [-0.2, -0.15) is 9.78 Å². The van der Waals surface area contributed by atoms with Crippen LogP contribution in [0.5, 0.6) is 11.5 Å². The van der Waals surface area contributed by atoms with Crippen LogP contribution in [0.4, 0.5) is 5.69 Å². The fourth-order valence-electron chi connectivity index (χ4n) is 3.89. The lowest BCUT2D eigenvalue weighted by atomic mass is 10.2. The molecule has 0 atom stereocenters. The highest BCUT2D eigenvalue weighted by Gasteiger charge is 2.19. The summed E-state index contributed by atoms with van der Waals surface area (Å²) in [5, 5.41) is 7.81. The van der Waals surface area contributed by atoms with Crippen molar-refractivity contribution in [3.8, 4) is 11.5 Å². The zero-order chi connectivity index (χ0) is 28.8. The fourth-order valence-corrected chi connectivity index (χ4v) is 5.18.